The fourth-order valence-electron chi connectivity index (χ4n) is 3.07. The first-order valence-electron chi connectivity index (χ1n) is 7.53. The molecule has 5 nitrogen and oxygen atoms in total. The van der Waals surface area contributed by atoms with Crippen LogP contribution in [0.3, 0.4) is 0 Å². The van der Waals surface area contributed by atoms with Crippen LogP contribution in [0.4, 0.5) is 0 Å². The molecule has 118 valence electrons. The van der Waals surface area contributed by atoms with Gasteiger partial charge in [0.2, 0.25) is 0 Å². The highest BCUT2D eigenvalue weighted by Crippen LogP contribution is 2.18. The van der Waals surface area contributed by atoms with Gasteiger partial charge in [0.1, 0.15) is 5.54 Å². The molecule has 0 radical (unpaired) electrons. The number of nitrogens with one attached hydrogen (secondary N) is 1. The Hall–Kier alpha value is -0.650. The van der Waals surface area contributed by atoms with Gasteiger partial charge in [0.15, 0.2) is 0 Å². The second-order valence-electron chi connectivity index (χ2n) is 6.59. The van der Waals surface area contributed by atoms with Gasteiger partial charge in [-0.05, 0) is 60.8 Å². The topological polar surface area (TPSA) is 44.8 Å². The van der Waals surface area contributed by atoms with Gasteiger partial charge >= 0.3 is 5.97 Å². The van der Waals surface area contributed by atoms with E-state index in [2.05, 4.69) is 43.1 Å². The lowest BCUT2D eigenvalue weighted by atomic mass is 9.97. The molecule has 5 heteroatoms. The van der Waals surface area contributed by atoms with Crippen molar-refractivity contribution in [1.29, 1.82) is 0 Å². The van der Waals surface area contributed by atoms with E-state index in [9.17, 15) is 4.79 Å². The summed E-state index contributed by atoms with van der Waals surface area (Å²) < 4.78 is 4.98. The van der Waals surface area contributed by atoms with Crippen molar-refractivity contribution in [2.45, 2.75) is 51.2 Å². The maximum Gasteiger partial charge on any atom is 0.327 e. The number of nitrogens with zero attached hydrogens (tertiary/aromatic N) is 2. The number of carbonyl (C=O) groups is 1. The Bertz CT molecular complexity index is 312. The molecule has 1 heterocycles. The minimum atomic E-state index is -0.631. The van der Waals surface area contributed by atoms with E-state index in [4.69, 9.17) is 4.74 Å². The van der Waals surface area contributed by atoms with E-state index in [-0.39, 0.29) is 12.0 Å². The van der Waals surface area contributed by atoms with Crippen molar-refractivity contribution in [2.75, 3.05) is 40.8 Å². The van der Waals surface area contributed by atoms with Crippen LogP contribution < -0.4 is 5.32 Å². The number of hydrogen-bond acceptors (Lipinski definition) is 5. The number of likely N-dealkylation sites (tertiary alicyclic amines) is 1. The summed E-state index contributed by atoms with van der Waals surface area (Å²) in [4.78, 5) is 16.8. The number of methoxy groups -OCH3 is 1. The number of carbonyl (C=O) groups excluding carboxylic acids is 1. The van der Waals surface area contributed by atoms with Crippen LogP contribution in [-0.2, 0) is 9.53 Å². The summed E-state index contributed by atoms with van der Waals surface area (Å²) in [5.74, 6) is -0.180. The van der Waals surface area contributed by atoms with Crippen LogP contribution in [0.25, 0.3) is 0 Å². The molecule has 0 aromatic heterocycles. The van der Waals surface area contributed by atoms with E-state index in [1.165, 1.54) is 7.11 Å². The zero-order valence-corrected chi connectivity index (χ0v) is 13.9. The van der Waals surface area contributed by atoms with Crippen molar-refractivity contribution in [3.05, 3.63) is 0 Å². The van der Waals surface area contributed by atoms with Crippen LogP contribution in [0.5, 0.6) is 0 Å². The van der Waals surface area contributed by atoms with Gasteiger partial charge in [-0.25, -0.2) is 0 Å². The molecule has 1 fully saturated rings. The first-order chi connectivity index (χ1) is 9.28. The molecule has 0 bridgehead atoms. The summed E-state index contributed by atoms with van der Waals surface area (Å²) in [7, 11) is 5.74. The fourth-order valence-corrected chi connectivity index (χ4v) is 3.07. The third kappa shape index (κ3) is 4.72. The third-order valence-electron chi connectivity index (χ3n) is 4.07. The Morgan fingerprint density at radius 3 is 2.35 bits per heavy atom. The second kappa shape index (κ2) is 7.38. The standard InChI is InChI=1S/C15H31N3O2/c1-12(2)16-15(3,14(19)20-6)11-18-9-7-13(8-10-18)17(4)5/h12-13,16H,7-11H2,1-6H3. The molecule has 1 saturated heterocycles. The Morgan fingerprint density at radius 1 is 1.40 bits per heavy atom. The van der Waals surface area contributed by atoms with E-state index in [1.807, 2.05) is 6.92 Å². The maximum absolute atomic E-state index is 12.1. The Labute approximate surface area is 123 Å². The lowest BCUT2D eigenvalue weighted by Crippen LogP contribution is -2.60. The van der Waals surface area contributed by atoms with E-state index in [1.54, 1.807) is 0 Å². The van der Waals surface area contributed by atoms with E-state index < -0.39 is 5.54 Å². The summed E-state index contributed by atoms with van der Waals surface area (Å²) in [6.07, 6.45) is 2.32. The maximum atomic E-state index is 12.1. The van der Waals surface area contributed by atoms with Crippen molar-refractivity contribution in [3.63, 3.8) is 0 Å². The highest BCUT2D eigenvalue weighted by molar-refractivity contribution is 5.80. The zero-order chi connectivity index (χ0) is 15.3. The minimum Gasteiger partial charge on any atom is -0.468 e. The van der Waals surface area contributed by atoms with E-state index in [0.717, 1.165) is 25.9 Å². The highest BCUT2D eigenvalue weighted by Gasteiger charge is 2.37. The summed E-state index contributed by atoms with van der Waals surface area (Å²) >= 11 is 0. The van der Waals surface area contributed by atoms with Gasteiger partial charge in [-0.3, -0.25) is 10.1 Å². The van der Waals surface area contributed by atoms with Crippen LogP contribution >= 0.6 is 0 Å². The molecule has 1 N–H and O–H groups in total. The van der Waals surface area contributed by atoms with Gasteiger partial charge in [-0.1, -0.05) is 0 Å². The molecule has 1 atom stereocenters. The molecule has 0 spiro atoms. The normalized spacial score (nSPS) is 21.2. The van der Waals surface area contributed by atoms with Crippen LogP contribution in [0.1, 0.15) is 33.6 Å². The van der Waals surface area contributed by atoms with Crippen molar-refractivity contribution in [3.8, 4) is 0 Å². The van der Waals surface area contributed by atoms with Crippen LogP contribution in [0, 0.1) is 0 Å². The van der Waals surface area contributed by atoms with E-state index in [0.29, 0.717) is 12.6 Å². The molecule has 1 rings (SSSR count). The molecule has 0 aliphatic carbocycles. The monoisotopic (exact) mass is 285 g/mol. The minimum absolute atomic E-state index is 0.180. The van der Waals surface area contributed by atoms with Gasteiger partial charge < -0.3 is 14.5 Å². The van der Waals surface area contributed by atoms with E-state index >= 15 is 0 Å². The van der Waals surface area contributed by atoms with Gasteiger partial charge in [0, 0.05) is 18.6 Å². The zero-order valence-electron chi connectivity index (χ0n) is 13.9. The average molecular weight is 285 g/mol. The molecule has 0 saturated carbocycles. The third-order valence-corrected chi connectivity index (χ3v) is 4.07. The first-order valence-corrected chi connectivity index (χ1v) is 7.53. The summed E-state index contributed by atoms with van der Waals surface area (Å²) in [6, 6.07) is 0.909. The first kappa shape index (κ1) is 17.4. The van der Waals surface area contributed by atoms with Gasteiger partial charge in [-0.15, -0.1) is 0 Å². The van der Waals surface area contributed by atoms with Crippen molar-refractivity contribution < 1.29 is 9.53 Å². The number of piperidine rings is 1. The van der Waals surface area contributed by atoms with Crippen molar-refractivity contribution >= 4 is 5.97 Å². The Balaban J connectivity index is 2.61. The molecule has 0 aromatic rings. The van der Waals surface area contributed by atoms with Gasteiger partial charge in [0.25, 0.3) is 0 Å². The molecular formula is C15H31N3O2. The Morgan fingerprint density at radius 2 is 1.95 bits per heavy atom. The summed E-state index contributed by atoms with van der Waals surface area (Å²) in [5.41, 5.74) is -0.631. The van der Waals surface area contributed by atoms with Crippen LogP contribution in [-0.4, -0.2) is 74.2 Å². The van der Waals surface area contributed by atoms with Gasteiger partial charge in [0.05, 0.1) is 7.11 Å². The molecule has 1 aliphatic heterocycles. The number of rotatable bonds is 6. The van der Waals surface area contributed by atoms with Crippen molar-refractivity contribution in [2.24, 2.45) is 0 Å². The number of esters is 1. The van der Waals surface area contributed by atoms with Gasteiger partial charge in [-0.2, -0.15) is 0 Å². The number of ether oxygens (including phenoxy) is 1. The average Bonchev–Trinajstić information content (AvgIpc) is 2.37. The fraction of sp³-hybridized carbons (Fsp3) is 0.933. The highest BCUT2D eigenvalue weighted by atomic mass is 16.5. The molecule has 0 aromatic carbocycles. The quantitative estimate of drug-likeness (QED) is 0.736. The second-order valence-corrected chi connectivity index (χ2v) is 6.59. The predicted octanol–water partition coefficient (Wildman–Crippen LogP) is 0.942. The molecule has 20 heavy (non-hydrogen) atoms. The summed E-state index contributed by atoms with van der Waals surface area (Å²) in [5, 5.41) is 3.36. The van der Waals surface area contributed by atoms with Crippen molar-refractivity contribution in [1.82, 2.24) is 15.1 Å². The molecule has 1 aliphatic rings. The lowest BCUT2D eigenvalue weighted by Gasteiger charge is -2.40. The molecule has 1 unspecified atom stereocenters. The van der Waals surface area contributed by atoms with Crippen LogP contribution in [0.2, 0.25) is 0 Å². The SMILES string of the molecule is COC(=O)C(C)(CN1CCC(N(C)C)CC1)NC(C)C. The number of hydrogen-bond donors (Lipinski definition) is 1. The van der Waals surface area contributed by atoms with Crippen LogP contribution in [0.15, 0.2) is 0 Å². The molecular weight excluding hydrogens is 254 g/mol. The predicted molar refractivity (Wildman–Crippen MR) is 81.8 cm³/mol. The summed E-state index contributed by atoms with van der Waals surface area (Å²) in [6.45, 7) is 8.83. The smallest absolute Gasteiger partial charge is 0.327 e. The molecule has 0 amide bonds. The lowest BCUT2D eigenvalue weighted by molar-refractivity contribution is -0.149. The largest absolute Gasteiger partial charge is 0.468 e. The Kier molecular flexibility index (Phi) is 6.43.